The van der Waals surface area contributed by atoms with Gasteiger partial charge in [0.2, 0.25) is 0 Å². The molecule has 0 aliphatic heterocycles. The lowest BCUT2D eigenvalue weighted by atomic mass is 10.0. The molecule has 5 nitrogen and oxygen atoms in total. The Morgan fingerprint density at radius 2 is 1.96 bits per heavy atom. The molecular formula is C19H24N2O3. The smallest absolute Gasteiger partial charge is 0.274 e. The molecule has 0 saturated heterocycles. The van der Waals surface area contributed by atoms with Crippen molar-refractivity contribution >= 4 is 5.91 Å². The van der Waals surface area contributed by atoms with Gasteiger partial charge in [0.15, 0.2) is 11.4 Å². The standard InChI is InChI=1S/C19H24N2O3/c1-14(2)24-17-11-6-12-20-18(17)19(23)21-16(10-7-13-22)15-8-4-3-5-9-15/h3-6,8-9,11-12,14,16,22H,7,10,13H2,1-2H3,(H,21,23). The Balaban J connectivity index is 2.19. The first-order valence-corrected chi connectivity index (χ1v) is 8.20. The van der Waals surface area contributed by atoms with E-state index in [1.165, 1.54) is 0 Å². The molecule has 24 heavy (non-hydrogen) atoms. The molecule has 2 N–H and O–H groups in total. The number of nitrogens with zero attached hydrogens (tertiary/aromatic N) is 1. The van der Waals surface area contributed by atoms with Gasteiger partial charge in [-0.05, 0) is 44.4 Å². The van der Waals surface area contributed by atoms with Gasteiger partial charge >= 0.3 is 0 Å². The van der Waals surface area contributed by atoms with Gasteiger partial charge in [-0.1, -0.05) is 30.3 Å². The van der Waals surface area contributed by atoms with Crippen LogP contribution in [0.15, 0.2) is 48.7 Å². The number of pyridine rings is 1. The van der Waals surface area contributed by atoms with E-state index in [1.807, 2.05) is 44.2 Å². The van der Waals surface area contributed by atoms with Crippen LogP contribution in [0.2, 0.25) is 0 Å². The number of aliphatic hydroxyl groups is 1. The number of benzene rings is 1. The van der Waals surface area contributed by atoms with Crippen molar-refractivity contribution in [3.05, 3.63) is 59.9 Å². The molecule has 0 radical (unpaired) electrons. The average Bonchev–Trinajstić information content (AvgIpc) is 2.59. The second-order valence-electron chi connectivity index (χ2n) is 5.82. The van der Waals surface area contributed by atoms with Crippen molar-refractivity contribution in [1.82, 2.24) is 10.3 Å². The Bertz CT molecular complexity index is 644. The molecule has 5 heteroatoms. The van der Waals surface area contributed by atoms with Crippen molar-refractivity contribution < 1.29 is 14.6 Å². The van der Waals surface area contributed by atoms with Crippen LogP contribution in [0.4, 0.5) is 0 Å². The van der Waals surface area contributed by atoms with Crippen molar-refractivity contribution in [2.75, 3.05) is 6.61 Å². The van der Waals surface area contributed by atoms with Gasteiger partial charge in [0, 0.05) is 12.8 Å². The summed E-state index contributed by atoms with van der Waals surface area (Å²) in [7, 11) is 0. The fourth-order valence-electron chi connectivity index (χ4n) is 2.44. The van der Waals surface area contributed by atoms with E-state index in [2.05, 4.69) is 10.3 Å². The van der Waals surface area contributed by atoms with Gasteiger partial charge in [-0.3, -0.25) is 4.79 Å². The SMILES string of the molecule is CC(C)Oc1cccnc1C(=O)NC(CCCO)c1ccccc1. The molecule has 1 atom stereocenters. The highest BCUT2D eigenvalue weighted by Crippen LogP contribution is 2.21. The number of ether oxygens (including phenoxy) is 1. The summed E-state index contributed by atoms with van der Waals surface area (Å²) < 4.78 is 5.67. The number of hydrogen-bond acceptors (Lipinski definition) is 4. The number of rotatable bonds is 8. The van der Waals surface area contributed by atoms with E-state index < -0.39 is 0 Å². The highest BCUT2D eigenvalue weighted by atomic mass is 16.5. The summed E-state index contributed by atoms with van der Waals surface area (Å²) in [5.74, 6) is 0.192. The summed E-state index contributed by atoms with van der Waals surface area (Å²) >= 11 is 0. The molecule has 0 aliphatic rings. The normalized spacial score (nSPS) is 12.0. The minimum Gasteiger partial charge on any atom is -0.489 e. The van der Waals surface area contributed by atoms with Crippen LogP contribution in [-0.4, -0.2) is 28.7 Å². The van der Waals surface area contributed by atoms with E-state index >= 15 is 0 Å². The van der Waals surface area contributed by atoms with Gasteiger partial charge in [-0.25, -0.2) is 4.98 Å². The maximum Gasteiger partial charge on any atom is 0.274 e. The predicted octanol–water partition coefficient (Wildman–Crippen LogP) is 3.11. The van der Waals surface area contributed by atoms with Crippen LogP contribution in [0.25, 0.3) is 0 Å². The topological polar surface area (TPSA) is 71.5 Å². The molecule has 128 valence electrons. The van der Waals surface area contributed by atoms with E-state index in [-0.39, 0.29) is 30.4 Å². The molecule has 2 rings (SSSR count). The third-order valence-corrected chi connectivity index (χ3v) is 3.51. The van der Waals surface area contributed by atoms with E-state index in [1.54, 1.807) is 18.3 Å². The molecule has 1 unspecified atom stereocenters. The van der Waals surface area contributed by atoms with E-state index in [0.717, 1.165) is 5.56 Å². The second-order valence-corrected chi connectivity index (χ2v) is 5.82. The molecule has 0 aliphatic carbocycles. The molecule has 0 bridgehead atoms. The van der Waals surface area contributed by atoms with Crippen LogP contribution in [0.5, 0.6) is 5.75 Å². The Hall–Kier alpha value is -2.40. The molecule has 2 aromatic rings. The van der Waals surface area contributed by atoms with Crippen LogP contribution >= 0.6 is 0 Å². The van der Waals surface area contributed by atoms with E-state index in [9.17, 15) is 4.79 Å². The summed E-state index contributed by atoms with van der Waals surface area (Å²) in [6.07, 6.45) is 2.80. The third-order valence-electron chi connectivity index (χ3n) is 3.51. The Morgan fingerprint density at radius 3 is 2.62 bits per heavy atom. The number of carbonyl (C=O) groups excluding carboxylic acids is 1. The van der Waals surface area contributed by atoms with Crippen LogP contribution in [0.1, 0.15) is 48.8 Å². The van der Waals surface area contributed by atoms with Crippen molar-refractivity contribution in [1.29, 1.82) is 0 Å². The zero-order valence-corrected chi connectivity index (χ0v) is 14.1. The minimum absolute atomic E-state index is 0.0416. The summed E-state index contributed by atoms with van der Waals surface area (Å²) in [5.41, 5.74) is 1.28. The van der Waals surface area contributed by atoms with Gasteiger partial charge in [0.05, 0.1) is 12.1 Å². The molecule has 0 saturated carbocycles. The van der Waals surface area contributed by atoms with Crippen LogP contribution in [-0.2, 0) is 0 Å². The van der Waals surface area contributed by atoms with E-state index in [0.29, 0.717) is 18.6 Å². The molecule has 1 heterocycles. The number of aromatic nitrogens is 1. The first-order chi connectivity index (χ1) is 11.6. The lowest BCUT2D eigenvalue weighted by Crippen LogP contribution is -2.30. The molecular weight excluding hydrogens is 304 g/mol. The van der Waals surface area contributed by atoms with Gasteiger partial charge in [0.1, 0.15) is 0 Å². The van der Waals surface area contributed by atoms with Gasteiger partial charge in [-0.2, -0.15) is 0 Å². The summed E-state index contributed by atoms with van der Waals surface area (Å²) in [6.45, 7) is 3.90. The zero-order chi connectivity index (χ0) is 17.4. The summed E-state index contributed by atoms with van der Waals surface area (Å²) in [5, 5.41) is 12.1. The number of amides is 1. The maximum atomic E-state index is 12.7. The van der Waals surface area contributed by atoms with Crippen molar-refractivity contribution in [3.8, 4) is 5.75 Å². The van der Waals surface area contributed by atoms with Gasteiger partial charge in [-0.15, -0.1) is 0 Å². The fourth-order valence-corrected chi connectivity index (χ4v) is 2.44. The monoisotopic (exact) mass is 328 g/mol. The molecule has 1 amide bonds. The number of hydrogen-bond donors (Lipinski definition) is 2. The van der Waals surface area contributed by atoms with Crippen LogP contribution in [0, 0.1) is 0 Å². The van der Waals surface area contributed by atoms with Gasteiger partial charge in [0.25, 0.3) is 5.91 Å². The molecule has 1 aromatic carbocycles. The molecule has 0 spiro atoms. The summed E-state index contributed by atoms with van der Waals surface area (Å²) in [4.78, 5) is 16.9. The number of carbonyl (C=O) groups is 1. The highest BCUT2D eigenvalue weighted by Gasteiger charge is 2.19. The first kappa shape index (κ1) is 17.9. The quantitative estimate of drug-likeness (QED) is 0.781. The first-order valence-electron chi connectivity index (χ1n) is 8.20. The number of nitrogens with one attached hydrogen (secondary N) is 1. The summed E-state index contributed by atoms with van der Waals surface area (Å²) in [6, 6.07) is 13.0. The largest absolute Gasteiger partial charge is 0.489 e. The fraction of sp³-hybridized carbons (Fsp3) is 0.368. The lowest BCUT2D eigenvalue weighted by Gasteiger charge is -2.20. The maximum absolute atomic E-state index is 12.7. The average molecular weight is 328 g/mol. The second kappa shape index (κ2) is 9.03. The third kappa shape index (κ3) is 5.06. The Morgan fingerprint density at radius 1 is 1.21 bits per heavy atom. The minimum atomic E-state index is -0.280. The predicted molar refractivity (Wildman–Crippen MR) is 93.0 cm³/mol. The van der Waals surface area contributed by atoms with Crippen LogP contribution in [0.3, 0.4) is 0 Å². The Kier molecular flexibility index (Phi) is 6.75. The van der Waals surface area contributed by atoms with Gasteiger partial charge < -0.3 is 15.2 Å². The highest BCUT2D eigenvalue weighted by molar-refractivity contribution is 5.95. The zero-order valence-electron chi connectivity index (χ0n) is 14.1. The van der Waals surface area contributed by atoms with Crippen LogP contribution < -0.4 is 10.1 Å². The van der Waals surface area contributed by atoms with E-state index in [4.69, 9.17) is 9.84 Å². The lowest BCUT2D eigenvalue weighted by molar-refractivity contribution is 0.0920. The van der Waals surface area contributed by atoms with Crippen molar-refractivity contribution in [2.24, 2.45) is 0 Å². The van der Waals surface area contributed by atoms with Crippen molar-refractivity contribution in [2.45, 2.75) is 38.8 Å². The van der Waals surface area contributed by atoms with Crippen molar-refractivity contribution in [3.63, 3.8) is 0 Å². The molecule has 0 fully saturated rings. The number of aliphatic hydroxyl groups excluding tert-OH is 1. The Labute approximate surface area is 142 Å². The molecule has 1 aromatic heterocycles.